The van der Waals surface area contributed by atoms with Crippen LogP contribution in [0.5, 0.6) is 0 Å². The molecule has 1 aromatic heterocycles. The maximum absolute atomic E-state index is 12.0. The summed E-state index contributed by atoms with van der Waals surface area (Å²) in [5, 5.41) is 0. The Morgan fingerprint density at radius 1 is 0.800 bits per heavy atom. The lowest BCUT2D eigenvalue weighted by Gasteiger charge is -2.10. The molecular formula is C22H21NO2. The van der Waals surface area contributed by atoms with Gasteiger partial charge < -0.3 is 4.74 Å². The normalized spacial score (nSPS) is 10.4. The number of carbonyl (C=O) groups excluding carboxylic acids is 1. The molecule has 0 radical (unpaired) electrons. The summed E-state index contributed by atoms with van der Waals surface area (Å²) >= 11 is 0. The van der Waals surface area contributed by atoms with E-state index in [2.05, 4.69) is 35.3 Å². The predicted molar refractivity (Wildman–Crippen MR) is 98.5 cm³/mol. The fourth-order valence-corrected chi connectivity index (χ4v) is 2.76. The minimum Gasteiger partial charge on any atom is -0.462 e. The Morgan fingerprint density at radius 2 is 1.52 bits per heavy atom. The molecule has 3 aromatic rings. The summed E-state index contributed by atoms with van der Waals surface area (Å²) in [6.07, 6.45) is 6.31. The van der Waals surface area contributed by atoms with E-state index >= 15 is 0 Å². The molecule has 3 heteroatoms. The van der Waals surface area contributed by atoms with Crippen LogP contribution in [-0.2, 0) is 24.0 Å². The van der Waals surface area contributed by atoms with Crippen LogP contribution in [-0.4, -0.2) is 17.6 Å². The first kappa shape index (κ1) is 16.9. The monoisotopic (exact) mass is 331 g/mol. The van der Waals surface area contributed by atoms with Gasteiger partial charge in [-0.2, -0.15) is 0 Å². The van der Waals surface area contributed by atoms with Crippen molar-refractivity contribution in [2.45, 2.75) is 19.3 Å². The van der Waals surface area contributed by atoms with E-state index in [-0.39, 0.29) is 5.97 Å². The predicted octanol–water partition coefficient (Wildman–Crippen LogP) is 4.27. The second-order valence-electron chi connectivity index (χ2n) is 5.88. The zero-order valence-electron chi connectivity index (χ0n) is 14.1. The molecule has 25 heavy (non-hydrogen) atoms. The number of aromatic nitrogens is 1. The molecule has 0 unspecified atom stereocenters. The van der Waals surface area contributed by atoms with Gasteiger partial charge in [0.25, 0.3) is 0 Å². The summed E-state index contributed by atoms with van der Waals surface area (Å²) < 4.78 is 5.38. The molecule has 0 atom stereocenters. The lowest BCUT2D eigenvalue weighted by Crippen LogP contribution is -2.09. The number of carbonyl (C=O) groups is 1. The molecule has 0 spiro atoms. The smallest absolute Gasteiger partial charge is 0.338 e. The standard InChI is InChI=1S/C22H21NO2/c24-22(20-9-5-2-6-10-20)25-16-14-21-17-23-15-13-19(21)12-11-18-7-3-1-4-8-18/h1-10,13,15,17H,11-12,14,16H2. The van der Waals surface area contributed by atoms with Gasteiger partial charge >= 0.3 is 5.97 Å². The maximum Gasteiger partial charge on any atom is 0.338 e. The molecule has 0 N–H and O–H groups in total. The van der Waals surface area contributed by atoms with Crippen LogP contribution in [0.25, 0.3) is 0 Å². The van der Waals surface area contributed by atoms with Crippen LogP contribution < -0.4 is 0 Å². The lowest BCUT2D eigenvalue weighted by molar-refractivity contribution is 0.0509. The van der Waals surface area contributed by atoms with Crippen LogP contribution in [0.3, 0.4) is 0 Å². The van der Waals surface area contributed by atoms with Gasteiger partial charge in [0.1, 0.15) is 0 Å². The summed E-state index contributed by atoms with van der Waals surface area (Å²) in [5.74, 6) is -0.282. The Kier molecular flexibility index (Phi) is 5.94. The summed E-state index contributed by atoms with van der Waals surface area (Å²) in [5.41, 5.74) is 4.30. The molecule has 0 aliphatic heterocycles. The van der Waals surface area contributed by atoms with Gasteiger partial charge in [-0.3, -0.25) is 4.98 Å². The van der Waals surface area contributed by atoms with Gasteiger partial charge in [-0.05, 0) is 47.7 Å². The number of nitrogens with zero attached hydrogens (tertiary/aromatic N) is 1. The molecular weight excluding hydrogens is 310 g/mol. The van der Waals surface area contributed by atoms with Crippen molar-refractivity contribution in [3.8, 4) is 0 Å². The third-order valence-corrected chi connectivity index (χ3v) is 4.14. The average molecular weight is 331 g/mol. The summed E-state index contributed by atoms with van der Waals surface area (Å²) in [6, 6.07) is 21.6. The highest BCUT2D eigenvalue weighted by molar-refractivity contribution is 5.89. The van der Waals surface area contributed by atoms with Crippen molar-refractivity contribution < 1.29 is 9.53 Å². The third-order valence-electron chi connectivity index (χ3n) is 4.14. The Morgan fingerprint density at radius 3 is 2.28 bits per heavy atom. The Bertz CT molecular complexity index is 801. The number of aryl methyl sites for hydroxylation is 2. The first-order chi connectivity index (χ1) is 12.3. The van der Waals surface area contributed by atoms with E-state index in [1.807, 2.05) is 36.7 Å². The third kappa shape index (κ3) is 5.01. The highest BCUT2D eigenvalue weighted by Crippen LogP contribution is 2.13. The minimum atomic E-state index is -0.282. The van der Waals surface area contributed by atoms with E-state index in [9.17, 15) is 4.79 Å². The van der Waals surface area contributed by atoms with Gasteiger partial charge in [-0.25, -0.2) is 4.79 Å². The molecule has 0 aliphatic rings. The van der Waals surface area contributed by atoms with Crippen molar-refractivity contribution in [2.24, 2.45) is 0 Å². The molecule has 0 amide bonds. The minimum absolute atomic E-state index is 0.282. The average Bonchev–Trinajstić information content (AvgIpc) is 2.68. The van der Waals surface area contributed by atoms with E-state index in [1.54, 1.807) is 12.1 Å². The molecule has 2 aromatic carbocycles. The molecule has 3 nitrogen and oxygen atoms in total. The molecule has 0 bridgehead atoms. The van der Waals surface area contributed by atoms with Crippen molar-refractivity contribution in [3.05, 3.63) is 101 Å². The van der Waals surface area contributed by atoms with E-state index in [1.165, 1.54) is 11.1 Å². The van der Waals surface area contributed by atoms with Crippen LogP contribution in [0.1, 0.15) is 27.0 Å². The quantitative estimate of drug-likeness (QED) is 0.607. The first-order valence-electron chi connectivity index (χ1n) is 8.51. The van der Waals surface area contributed by atoms with Gasteiger partial charge in [-0.15, -0.1) is 0 Å². The van der Waals surface area contributed by atoms with E-state index < -0.39 is 0 Å². The van der Waals surface area contributed by atoms with Gasteiger partial charge in [0, 0.05) is 18.8 Å². The summed E-state index contributed by atoms with van der Waals surface area (Å²) in [4.78, 5) is 16.2. The van der Waals surface area contributed by atoms with Crippen LogP contribution in [0, 0.1) is 0 Å². The number of esters is 1. The van der Waals surface area contributed by atoms with Gasteiger partial charge in [-0.1, -0.05) is 48.5 Å². The van der Waals surface area contributed by atoms with Gasteiger partial charge in [0.05, 0.1) is 12.2 Å². The molecule has 126 valence electrons. The van der Waals surface area contributed by atoms with Gasteiger partial charge in [0.15, 0.2) is 0 Å². The molecule has 0 fully saturated rings. The number of pyridine rings is 1. The second-order valence-corrected chi connectivity index (χ2v) is 5.88. The zero-order chi connectivity index (χ0) is 17.3. The van der Waals surface area contributed by atoms with Crippen molar-refractivity contribution in [2.75, 3.05) is 6.61 Å². The number of rotatable bonds is 7. The van der Waals surface area contributed by atoms with Gasteiger partial charge in [0.2, 0.25) is 0 Å². The van der Waals surface area contributed by atoms with Crippen molar-refractivity contribution in [3.63, 3.8) is 0 Å². The fourth-order valence-electron chi connectivity index (χ4n) is 2.76. The van der Waals surface area contributed by atoms with E-state index in [0.29, 0.717) is 18.6 Å². The zero-order valence-corrected chi connectivity index (χ0v) is 14.1. The molecule has 0 aliphatic carbocycles. The Balaban J connectivity index is 1.55. The van der Waals surface area contributed by atoms with Crippen molar-refractivity contribution in [1.29, 1.82) is 0 Å². The van der Waals surface area contributed by atoms with E-state index in [4.69, 9.17) is 4.74 Å². The summed E-state index contributed by atoms with van der Waals surface area (Å²) in [7, 11) is 0. The van der Waals surface area contributed by atoms with Crippen LogP contribution in [0.15, 0.2) is 79.1 Å². The van der Waals surface area contributed by atoms with Crippen LogP contribution in [0.4, 0.5) is 0 Å². The van der Waals surface area contributed by atoms with Crippen molar-refractivity contribution in [1.82, 2.24) is 4.98 Å². The van der Waals surface area contributed by atoms with E-state index in [0.717, 1.165) is 18.4 Å². The highest BCUT2D eigenvalue weighted by Gasteiger charge is 2.08. The number of hydrogen-bond donors (Lipinski definition) is 0. The Hall–Kier alpha value is -2.94. The molecule has 1 heterocycles. The maximum atomic E-state index is 12.0. The number of benzene rings is 2. The lowest BCUT2D eigenvalue weighted by atomic mass is 10.0. The topological polar surface area (TPSA) is 39.2 Å². The highest BCUT2D eigenvalue weighted by atomic mass is 16.5. The van der Waals surface area contributed by atoms with Crippen LogP contribution in [0.2, 0.25) is 0 Å². The molecule has 3 rings (SSSR count). The molecule has 0 saturated carbocycles. The molecule has 0 saturated heterocycles. The Labute approximate surface area is 148 Å². The largest absolute Gasteiger partial charge is 0.462 e. The van der Waals surface area contributed by atoms with Crippen molar-refractivity contribution >= 4 is 5.97 Å². The first-order valence-corrected chi connectivity index (χ1v) is 8.51. The summed E-state index contributed by atoms with van der Waals surface area (Å²) in [6.45, 7) is 0.359. The number of ether oxygens (including phenoxy) is 1. The fraction of sp³-hybridized carbons (Fsp3) is 0.182. The SMILES string of the molecule is O=C(OCCc1cnccc1CCc1ccccc1)c1ccccc1. The van der Waals surface area contributed by atoms with Crippen LogP contribution >= 0.6 is 0 Å². The second kappa shape index (κ2) is 8.78. The number of hydrogen-bond acceptors (Lipinski definition) is 3.